The largest absolute Gasteiger partial charge is 0.312 e. The van der Waals surface area contributed by atoms with E-state index < -0.39 is 0 Å². The van der Waals surface area contributed by atoms with Crippen LogP contribution in [0.5, 0.6) is 0 Å². The summed E-state index contributed by atoms with van der Waals surface area (Å²) in [4.78, 5) is 15.4. The first-order valence-corrected chi connectivity index (χ1v) is 10.9. The van der Waals surface area contributed by atoms with Gasteiger partial charge in [0.2, 0.25) is 0 Å². The molecule has 0 atom stereocenters. The average Bonchev–Trinajstić information content (AvgIpc) is 2.74. The zero-order valence-corrected chi connectivity index (χ0v) is 17.2. The second-order valence-electron chi connectivity index (χ2n) is 8.15. The lowest BCUT2D eigenvalue weighted by molar-refractivity contribution is 0.0960. The standard InChI is InChI=1S/C24H29ClN2O/c25-23-8-7-21(20-10-13-26-16-22(20)23)24(28)9-6-18-11-14-27(15-12-18)17-19-4-2-1-3-5-19/h1-5,7-8,18,26H,6,9-17H2. The summed E-state index contributed by atoms with van der Waals surface area (Å²) in [5.41, 5.74) is 4.59. The van der Waals surface area contributed by atoms with Gasteiger partial charge in [-0.3, -0.25) is 9.69 Å². The third-order valence-electron chi connectivity index (χ3n) is 6.26. The van der Waals surface area contributed by atoms with Crippen LogP contribution in [0, 0.1) is 5.92 Å². The van der Waals surface area contributed by atoms with Gasteiger partial charge >= 0.3 is 0 Å². The Kier molecular flexibility index (Phi) is 6.46. The van der Waals surface area contributed by atoms with E-state index in [0.717, 1.165) is 61.7 Å². The molecule has 4 rings (SSSR count). The number of hydrogen-bond donors (Lipinski definition) is 1. The summed E-state index contributed by atoms with van der Waals surface area (Å²) >= 11 is 6.33. The van der Waals surface area contributed by atoms with Crippen LogP contribution in [0.25, 0.3) is 0 Å². The van der Waals surface area contributed by atoms with Crippen molar-refractivity contribution in [3.63, 3.8) is 0 Å². The summed E-state index contributed by atoms with van der Waals surface area (Å²) in [6, 6.07) is 14.5. The van der Waals surface area contributed by atoms with Crippen molar-refractivity contribution in [1.82, 2.24) is 10.2 Å². The number of hydrogen-bond acceptors (Lipinski definition) is 3. The van der Waals surface area contributed by atoms with Gasteiger partial charge in [0.05, 0.1) is 0 Å². The molecule has 0 saturated carbocycles. The lowest BCUT2D eigenvalue weighted by atomic mass is 9.87. The van der Waals surface area contributed by atoms with Crippen molar-refractivity contribution in [3.05, 3.63) is 69.7 Å². The molecule has 0 spiro atoms. The van der Waals surface area contributed by atoms with Crippen LogP contribution in [-0.4, -0.2) is 30.3 Å². The van der Waals surface area contributed by atoms with Crippen molar-refractivity contribution >= 4 is 17.4 Å². The van der Waals surface area contributed by atoms with Crippen molar-refractivity contribution in [2.45, 2.75) is 45.2 Å². The third kappa shape index (κ3) is 4.65. The van der Waals surface area contributed by atoms with E-state index in [0.29, 0.717) is 18.1 Å². The highest BCUT2D eigenvalue weighted by atomic mass is 35.5. The molecule has 148 valence electrons. The summed E-state index contributed by atoms with van der Waals surface area (Å²) in [5.74, 6) is 0.960. The van der Waals surface area contributed by atoms with Crippen LogP contribution < -0.4 is 5.32 Å². The Bertz CT molecular complexity index is 813. The molecule has 0 aromatic heterocycles. The van der Waals surface area contributed by atoms with E-state index in [4.69, 9.17) is 11.6 Å². The molecule has 0 radical (unpaired) electrons. The summed E-state index contributed by atoms with van der Waals surface area (Å²) in [6.45, 7) is 5.01. The van der Waals surface area contributed by atoms with Crippen molar-refractivity contribution in [3.8, 4) is 0 Å². The molecule has 1 saturated heterocycles. The maximum absolute atomic E-state index is 12.9. The molecular formula is C24H29ClN2O. The van der Waals surface area contributed by atoms with Gasteiger partial charge in [-0.2, -0.15) is 0 Å². The number of nitrogens with zero attached hydrogens (tertiary/aromatic N) is 1. The Morgan fingerprint density at radius 1 is 1.07 bits per heavy atom. The number of halogens is 1. The van der Waals surface area contributed by atoms with Crippen LogP contribution >= 0.6 is 11.6 Å². The summed E-state index contributed by atoms with van der Waals surface area (Å²) in [6.07, 6.45) is 4.96. The van der Waals surface area contributed by atoms with Gasteiger partial charge in [-0.05, 0) is 80.1 Å². The third-order valence-corrected chi connectivity index (χ3v) is 6.62. The lowest BCUT2D eigenvalue weighted by Crippen LogP contribution is -2.33. The molecule has 1 N–H and O–H groups in total. The maximum Gasteiger partial charge on any atom is 0.163 e. The van der Waals surface area contributed by atoms with Crippen LogP contribution in [-0.2, 0) is 19.5 Å². The molecule has 2 aromatic rings. The van der Waals surface area contributed by atoms with Crippen molar-refractivity contribution < 1.29 is 4.79 Å². The van der Waals surface area contributed by atoms with E-state index in [1.165, 1.54) is 24.0 Å². The van der Waals surface area contributed by atoms with Gasteiger partial charge in [-0.1, -0.05) is 41.9 Å². The van der Waals surface area contributed by atoms with Crippen LogP contribution in [0.1, 0.15) is 52.7 Å². The minimum absolute atomic E-state index is 0.293. The first kappa shape index (κ1) is 19.6. The highest BCUT2D eigenvalue weighted by Gasteiger charge is 2.23. The number of rotatable bonds is 6. The molecule has 2 aliphatic rings. The highest BCUT2D eigenvalue weighted by molar-refractivity contribution is 6.31. The summed E-state index contributed by atoms with van der Waals surface area (Å²) in [7, 11) is 0. The number of benzene rings is 2. The first-order chi connectivity index (χ1) is 13.7. The van der Waals surface area contributed by atoms with Crippen molar-refractivity contribution in [1.29, 1.82) is 0 Å². The topological polar surface area (TPSA) is 32.3 Å². The number of ketones is 1. The van der Waals surface area contributed by atoms with Crippen molar-refractivity contribution in [2.24, 2.45) is 5.92 Å². The number of piperidine rings is 1. The van der Waals surface area contributed by atoms with Crippen LogP contribution in [0.3, 0.4) is 0 Å². The van der Waals surface area contributed by atoms with Gasteiger partial charge < -0.3 is 5.32 Å². The SMILES string of the molecule is O=C(CCC1CCN(Cc2ccccc2)CC1)c1ccc(Cl)c2c1CCNC2. The fraction of sp³-hybridized carbons (Fsp3) is 0.458. The molecule has 1 fully saturated rings. The van der Waals surface area contributed by atoms with Gasteiger partial charge in [0.1, 0.15) is 0 Å². The molecule has 2 heterocycles. The minimum Gasteiger partial charge on any atom is -0.312 e. The second-order valence-corrected chi connectivity index (χ2v) is 8.55. The molecule has 28 heavy (non-hydrogen) atoms. The van der Waals surface area contributed by atoms with E-state index >= 15 is 0 Å². The van der Waals surface area contributed by atoms with E-state index in [2.05, 4.69) is 40.5 Å². The molecule has 2 aromatic carbocycles. The Morgan fingerprint density at radius 2 is 1.86 bits per heavy atom. The molecule has 3 nitrogen and oxygen atoms in total. The van der Waals surface area contributed by atoms with Gasteiger partial charge in [0, 0.05) is 30.1 Å². The predicted octanol–water partition coefficient (Wildman–Crippen LogP) is 4.86. The van der Waals surface area contributed by atoms with Gasteiger partial charge in [0.25, 0.3) is 0 Å². The second kappa shape index (κ2) is 9.21. The smallest absolute Gasteiger partial charge is 0.163 e. The van der Waals surface area contributed by atoms with E-state index in [-0.39, 0.29) is 0 Å². The number of carbonyl (C=O) groups is 1. The van der Waals surface area contributed by atoms with Crippen LogP contribution in [0.4, 0.5) is 0 Å². The Labute approximate surface area is 173 Å². The number of fused-ring (bicyclic) bond motifs is 1. The molecule has 0 amide bonds. The first-order valence-electron chi connectivity index (χ1n) is 10.5. The zero-order valence-electron chi connectivity index (χ0n) is 16.4. The van der Waals surface area contributed by atoms with Crippen molar-refractivity contribution in [2.75, 3.05) is 19.6 Å². The normalized spacial score (nSPS) is 18.0. The number of Topliss-reactive ketones (excluding diaryl/α,β-unsaturated/α-hetero) is 1. The predicted molar refractivity (Wildman–Crippen MR) is 115 cm³/mol. The molecule has 2 aliphatic heterocycles. The molecule has 0 aliphatic carbocycles. The number of carbonyl (C=O) groups excluding carboxylic acids is 1. The Balaban J connectivity index is 1.28. The molecule has 0 bridgehead atoms. The minimum atomic E-state index is 0.293. The summed E-state index contributed by atoms with van der Waals surface area (Å²) in [5, 5.41) is 4.13. The highest BCUT2D eigenvalue weighted by Crippen LogP contribution is 2.29. The monoisotopic (exact) mass is 396 g/mol. The molecule has 4 heteroatoms. The zero-order chi connectivity index (χ0) is 19.3. The quantitative estimate of drug-likeness (QED) is 0.707. The Morgan fingerprint density at radius 3 is 2.64 bits per heavy atom. The van der Waals surface area contributed by atoms with E-state index in [9.17, 15) is 4.79 Å². The maximum atomic E-state index is 12.9. The number of nitrogens with one attached hydrogen (secondary N) is 1. The number of likely N-dealkylation sites (tertiary alicyclic amines) is 1. The molecular weight excluding hydrogens is 368 g/mol. The average molecular weight is 397 g/mol. The summed E-state index contributed by atoms with van der Waals surface area (Å²) < 4.78 is 0. The Hall–Kier alpha value is -1.68. The van der Waals surface area contributed by atoms with Crippen LogP contribution in [0.15, 0.2) is 42.5 Å². The van der Waals surface area contributed by atoms with Gasteiger partial charge in [-0.25, -0.2) is 0 Å². The molecule has 0 unspecified atom stereocenters. The van der Waals surface area contributed by atoms with Crippen LogP contribution in [0.2, 0.25) is 5.02 Å². The van der Waals surface area contributed by atoms with E-state index in [1.807, 2.05) is 12.1 Å². The van der Waals surface area contributed by atoms with Gasteiger partial charge in [-0.15, -0.1) is 0 Å². The van der Waals surface area contributed by atoms with Gasteiger partial charge in [0.15, 0.2) is 5.78 Å². The fourth-order valence-electron chi connectivity index (χ4n) is 4.57. The lowest BCUT2D eigenvalue weighted by Gasteiger charge is -2.32. The fourth-order valence-corrected chi connectivity index (χ4v) is 4.82. The van der Waals surface area contributed by atoms with E-state index in [1.54, 1.807) is 0 Å².